The van der Waals surface area contributed by atoms with Gasteiger partial charge in [-0.3, -0.25) is 4.79 Å². The maximum absolute atomic E-state index is 12.2. The molecule has 0 saturated heterocycles. The van der Waals surface area contributed by atoms with Crippen molar-refractivity contribution in [3.63, 3.8) is 0 Å². The molecule has 3 nitrogen and oxygen atoms in total. The minimum atomic E-state index is 0.187. The molecule has 2 N–H and O–H groups in total. The second-order valence-electron chi connectivity index (χ2n) is 5.43. The number of hydrogen-bond donors (Lipinski definition) is 1. The van der Waals surface area contributed by atoms with Gasteiger partial charge in [-0.25, -0.2) is 0 Å². The highest BCUT2D eigenvalue weighted by Crippen LogP contribution is 2.07. The predicted molar refractivity (Wildman–Crippen MR) is 87.6 cm³/mol. The largest absolute Gasteiger partial charge is 0.393 e. The number of nitrogens with two attached hydrogens (primary N) is 1. The topological polar surface area (TPSA) is 46.3 Å². The van der Waals surface area contributed by atoms with Crippen LogP contribution in [0.1, 0.15) is 32.3 Å². The van der Waals surface area contributed by atoms with Crippen molar-refractivity contribution in [2.45, 2.75) is 33.1 Å². The monoisotopic (exact) mass is 292 g/mol. The molecule has 0 heterocycles. The van der Waals surface area contributed by atoms with Crippen LogP contribution in [0.4, 0.5) is 0 Å². The zero-order valence-electron chi connectivity index (χ0n) is 12.3. The minimum absolute atomic E-state index is 0.187. The molecule has 1 amide bonds. The van der Waals surface area contributed by atoms with Crippen LogP contribution in [0, 0.1) is 5.92 Å². The fourth-order valence-electron chi connectivity index (χ4n) is 1.99. The van der Waals surface area contributed by atoms with Gasteiger partial charge >= 0.3 is 0 Å². The van der Waals surface area contributed by atoms with Crippen molar-refractivity contribution >= 4 is 23.1 Å². The summed E-state index contributed by atoms with van der Waals surface area (Å²) in [6.07, 6.45) is 2.03. The van der Waals surface area contributed by atoms with Crippen molar-refractivity contribution in [1.82, 2.24) is 4.90 Å². The van der Waals surface area contributed by atoms with E-state index in [1.807, 2.05) is 23.1 Å². The molecule has 110 valence electrons. The summed E-state index contributed by atoms with van der Waals surface area (Å²) in [6, 6.07) is 10.2. The molecule has 4 heteroatoms. The lowest BCUT2D eigenvalue weighted by atomic mass is 10.1. The van der Waals surface area contributed by atoms with Gasteiger partial charge in [0.1, 0.15) is 0 Å². The number of nitrogens with zero attached hydrogens (tertiary/aromatic N) is 1. The Morgan fingerprint density at radius 1 is 1.25 bits per heavy atom. The first-order valence-electron chi connectivity index (χ1n) is 7.09. The quantitative estimate of drug-likeness (QED) is 0.749. The van der Waals surface area contributed by atoms with Gasteiger partial charge in [0.05, 0.1) is 4.99 Å². The smallest absolute Gasteiger partial charge is 0.222 e. The van der Waals surface area contributed by atoms with E-state index < -0.39 is 0 Å². The van der Waals surface area contributed by atoms with Crippen LogP contribution >= 0.6 is 12.2 Å². The first-order chi connectivity index (χ1) is 9.49. The molecule has 20 heavy (non-hydrogen) atoms. The van der Waals surface area contributed by atoms with Crippen molar-refractivity contribution in [2.75, 3.05) is 13.1 Å². The molecule has 0 aliphatic rings. The average Bonchev–Trinajstić information content (AvgIpc) is 2.38. The summed E-state index contributed by atoms with van der Waals surface area (Å²) >= 11 is 4.91. The van der Waals surface area contributed by atoms with Crippen LogP contribution in [-0.4, -0.2) is 28.9 Å². The van der Waals surface area contributed by atoms with Gasteiger partial charge in [-0.2, -0.15) is 0 Å². The molecule has 1 aromatic carbocycles. The van der Waals surface area contributed by atoms with Crippen LogP contribution < -0.4 is 5.73 Å². The molecule has 0 unspecified atom stereocenters. The Balaban J connectivity index is 2.57. The van der Waals surface area contributed by atoms with E-state index in [2.05, 4.69) is 26.0 Å². The average molecular weight is 292 g/mol. The van der Waals surface area contributed by atoms with E-state index in [1.165, 1.54) is 5.56 Å². The molecule has 0 fully saturated rings. The van der Waals surface area contributed by atoms with Gasteiger partial charge in [-0.15, -0.1) is 0 Å². The first kappa shape index (κ1) is 16.6. The zero-order chi connectivity index (χ0) is 15.0. The maximum atomic E-state index is 12.2. The van der Waals surface area contributed by atoms with Gasteiger partial charge < -0.3 is 10.6 Å². The number of benzene rings is 1. The Kier molecular flexibility index (Phi) is 7.23. The van der Waals surface area contributed by atoms with Gasteiger partial charge in [0.2, 0.25) is 5.91 Å². The summed E-state index contributed by atoms with van der Waals surface area (Å²) in [5.74, 6) is 0.554. The van der Waals surface area contributed by atoms with Crippen LogP contribution in [0.15, 0.2) is 30.3 Å². The van der Waals surface area contributed by atoms with Crippen LogP contribution in [0.2, 0.25) is 0 Å². The molecular weight excluding hydrogens is 268 g/mol. The molecule has 0 aliphatic carbocycles. The molecule has 0 aromatic heterocycles. The predicted octanol–water partition coefficient (Wildman–Crippen LogP) is 2.78. The highest BCUT2D eigenvalue weighted by atomic mass is 32.1. The lowest BCUT2D eigenvalue weighted by Crippen LogP contribution is -2.36. The number of thiocarbonyl (C=S) groups is 1. The number of rotatable bonds is 8. The van der Waals surface area contributed by atoms with Gasteiger partial charge in [0, 0.05) is 25.9 Å². The summed E-state index contributed by atoms with van der Waals surface area (Å²) < 4.78 is 0. The van der Waals surface area contributed by atoms with Gasteiger partial charge in [-0.05, 0) is 17.9 Å². The van der Waals surface area contributed by atoms with Gasteiger partial charge in [0.15, 0.2) is 0 Å². The fraction of sp³-hybridized carbons (Fsp3) is 0.500. The second kappa shape index (κ2) is 8.69. The Morgan fingerprint density at radius 2 is 1.90 bits per heavy atom. The zero-order valence-corrected chi connectivity index (χ0v) is 13.2. The van der Waals surface area contributed by atoms with Crippen LogP contribution in [-0.2, 0) is 11.2 Å². The Labute approximate surface area is 127 Å². The number of hydrogen-bond acceptors (Lipinski definition) is 2. The third-order valence-corrected chi connectivity index (χ3v) is 3.28. The number of carbonyl (C=O) groups excluding carboxylic acids is 1. The fourth-order valence-corrected chi connectivity index (χ4v) is 2.08. The van der Waals surface area contributed by atoms with Crippen molar-refractivity contribution in [2.24, 2.45) is 11.7 Å². The van der Waals surface area contributed by atoms with E-state index in [-0.39, 0.29) is 5.91 Å². The molecular formula is C16H24N2OS. The first-order valence-corrected chi connectivity index (χ1v) is 7.50. The Hall–Kier alpha value is -1.42. The van der Waals surface area contributed by atoms with Crippen molar-refractivity contribution < 1.29 is 4.79 Å². The van der Waals surface area contributed by atoms with Crippen LogP contribution in [0.25, 0.3) is 0 Å². The van der Waals surface area contributed by atoms with Crippen molar-refractivity contribution in [3.8, 4) is 0 Å². The van der Waals surface area contributed by atoms with E-state index in [4.69, 9.17) is 18.0 Å². The van der Waals surface area contributed by atoms with E-state index in [1.54, 1.807) is 0 Å². The summed E-state index contributed by atoms with van der Waals surface area (Å²) in [5.41, 5.74) is 6.78. The third kappa shape index (κ3) is 6.66. The second-order valence-corrected chi connectivity index (χ2v) is 5.96. The van der Waals surface area contributed by atoms with Crippen LogP contribution in [0.3, 0.4) is 0 Å². The number of carbonyl (C=O) groups is 1. The SMILES string of the molecule is CC(C)CC(=O)N(CCC(N)=S)CCc1ccccc1. The normalized spacial score (nSPS) is 10.6. The summed E-state index contributed by atoms with van der Waals surface area (Å²) in [6.45, 7) is 5.45. The standard InChI is InChI=1S/C16H24N2OS/c1-13(2)12-16(19)18(11-9-15(17)20)10-8-14-6-4-3-5-7-14/h3-7,13H,8-12H2,1-2H3,(H2,17,20). The van der Waals surface area contributed by atoms with Crippen molar-refractivity contribution in [3.05, 3.63) is 35.9 Å². The van der Waals surface area contributed by atoms with Crippen molar-refractivity contribution in [1.29, 1.82) is 0 Å². The Bertz CT molecular complexity index is 431. The van der Waals surface area contributed by atoms with E-state index in [9.17, 15) is 4.79 Å². The summed E-state index contributed by atoms with van der Waals surface area (Å²) in [7, 11) is 0. The molecule has 0 atom stereocenters. The summed E-state index contributed by atoms with van der Waals surface area (Å²) in [4.78, 5) is 14.6. The lowest BCUT2D eigenvalue weighted by molar-refractivity contribution is -0.131. The van der Waals surface area contributed by atoms with Crippen LogP contribution in [0.5, 0.6) is 0 Å². The molecule has 1 aromatic rings. The molecule has 0 spiro atoms. The maximum Gasteiger partial charge on any atom is 0.222 e. The highest BCUT2D eigenvalue weighted by Gasteiger charge is 2.14. The molecule has 0 radical (unpaired) electrons. The van der Waals surface area contributed by atoms with E-state index in [0.29, 0.717) is 30.3 Å². The minimum Gasteiger partial charge on any atom is -0.393 e. The van der Waals surface area contributed by atoms with Gasteiger partial charge in [-0.1, -0.05) is 56.4 Å². The molecule has 0 bridgehead atoms. The summed E-state index contributed by atoms with van der Waals surface area (Å²) in [5, 5.41) is 0. The van der Waals surface area contributed by atoms with E-state index in [0.717, 1.165) is 13.0 Å². The van der Waals surface area contributed by atoms with E-state index >= 15 is 0 Å². The molecule has 1 rings (SSSR count). The molecule has 0 saturated carbocycles. The highest BCUT2D eigenvalue weighted by molar-refractivity contribution is 7.80. The van der Waals surface area contributed by atoms with Gasteiger partial charge in [0.25, 0.3) is 0 Å². The lowest BCUT2D eigenvalue weighted by Gasteiger charge is -2.23. The Morgan fingerprint density at radius 3 is 2.45 bits per heavy atom. The number of amides is 1. The molecule has 0 aliphatic heterocycles. The third-order valence-electron chi connectivity index (χ3n) is 3.08.